The number of hydrogen-bond donors (Lipinski definition) is 2. The van der Waals surface area contributed by atoms with Crippen LogP contribution in [0.25, 0.3) is 0 Å². The summed E-state index contributed by atoms with van der Waals surface area (Å²) in [6.07, 6.45) is 0.0184. The second-order valence-electron chi connectivity index (χ2n) is 11.6. The van der Waals surface area contributed by atoms with Crippen LogP contribution in [0.15, 0.2) is 109 Å². The van der Waals surface area contributed by atoms with Crippen molar-refractivity contribution in [3.8, 4) is 11.5 Å². The van der Waals surface area contributed by atoms with Crippen molar-refractivity contribution in [3.63, 3.8) is 0 Å². The number of carbonyl (C=O) groups is 3. The Hall–Kier alpha value is -4.99. The van der Waals surface area contributed by atoms with Gasteiger partial charge < -0.3 is 25.8 Å². The highest BCUT2D eigenvalue weighted by Gasteiger charge is 2.49. The molecule has 0 unspecified atom stereocenters. The van der Waals surface area contributed by atoms with E-state index in [1.165, 1.54) is 0 Å². The van der Waals surface area contributed by atoms with Crippen molar-refractivity contribution in [2.24, 2.45) is 11.5 Å². The summed E-state index contributed by atoms with van der Waals surface area (Å²) in [5, 5.41) is 0. The molecule has 238 valence electrons. The summed E-state index contributed by atoms with van der Waals surface area (Å²) in [5.41, 5.74) is 15.3. The summed E-state index contributed by atoms with van der Waals surface area (Å²) in [4.78, 5) is 42.0. The zero-order valence-electron chi connectivity index (χ0n) is 25.9. The van der Waals surface area contributed by atoms with E-state index in [2.05, 4.69) is 4.90 Å². The van der Waals surface area contributed by atoms with Crippen LogP contribution in [0.5, 0.6) is 11.5 Å². The third-order valence-corrected chi connectivity index (χ3v) is 8.41. The number of nitrogens with zero attached hydrogens (tertiary/aromatic N) is 2. The summed E-state index contributed by atoms with van der Waals surface area (Å²) < 4.78 is 11.9. The fourth-order valence-corrected chi connectivity index (χ4v) is 5.73. The van der Waals surface area contributed by atoms with Crippen LogP contribution in [0.1, 0.15) is 29.5 Å². The second-order valence-corrected chi connectivity index (χ2v) is 11.6. The van der Waals surface area contributed by atoms with Crippen LogP contribution in [0.4, 0.5) is 5.69 Å². The van der Waals surface area contributed by atoms with Crippen LogP contribution < -0.4 is 25.8 Å². The molecule has 0 saturated carbocycles. The van der Waals surface area contributed by atoms with Crippen LogP contribution in [0, 0.1) is 0 Å². The predicted molar refractivity (Wildman–Crippen MR) is 177 cm³/mol. The highest BCUT2D eigenvalue weighted by molar-refractivity contribution is 5.89. The van der Waals surface area contributed by atoms with Crippen molar-refractivity contribution < 1.29 is 28.3 Å². The van der Waals surface area contributed by atoms with Gasteiger partial charge in [-0.3, -0.25) is 4.79 Å². The molecule has 1 aliphatic heterocycles. The largest absolute Gasteiger partial charge is 0.489 e. The van der Waals surface area contributed by atoms with Gasteiger partial charge in [-0.15, -0.1) is 0 Å². The second kappa shape index (κ2) is 15.3. The molecule has 1 saturated heterocycles. The number of carbonyl (C=O) groups excluding carboxylic acids is 3. The van der Waals surface area contributed by atoms with Gasteiger partial charge in [0, 0.05) is 23.7 Å². The molecular formula is C37H41N4O5+. The minimum Gasteiger partial charge on any atom is -0.489 e. The Morgan fingerprint density at radius 1 is 0.761 bits per heavy atom. The molecule has 1 aliphatic rings. The smallest absolute Gasteiger partial charge is 0.338 e. The number of imide groups is 1. The molecule has 4 aromatic rings. The zero-order valence-corrected chi connectivity index (χ0v) is 25.9. The Kier molecular flexibility index (Phi) is 10.8. The van der Waals surface area contributed by atoms with Gasteiger partial charge in [0.1, 0.15) is 43.8 Å². The van der Waals surface area contributed by atoms with Crippen LogP contribution >= 0.6 is 0 Å². The third kappa shape index (κ3) is 8.18. The van der Waals surface area contributed by atoms with Crippen LogP contribution in [0.2, 0.25) is 0 Å². The lowest BCUT2D eigenvalue weighted by molar-refractivity contribution is -0.781. The molecule has 9 heteroatoms. The van der Waals surface area contributed by atoms with Crippen molar-refractivity contribution in [2.45, 2.75) is 38.5 Å². The lowest BCUT2D eigenvalue weighted by Crippen LogP contribution is -2.69. The summed E-state index contributed by atoms with van der Waals surface area (Å²) in [6, 6.07) is 34.0. The van der Waals surface area contributed by atoms with E-state index in [0.717, 1.165) is 16.8 Å². The molecule has 5 rings (SSSR count). The van der Waals surface area contributed by atoms with Gasteiger partial charge in [0.05, 0.1) is 19.5 Å². The first-order valence-corrected chi connectivity index (χ1v) is 15.6. The number of ether oxygens (including phenoxy) is 2. The first-order valence-electron chi connectivity index (χ1n) is 15.6. The highest BCUT2D eigenvalue weighted by Crippen LogP contribution is 2.30. The molecule has 1 heterocycles. The van der Waals surface area contributed by atoms with Crippen molar-refractivity contribution >= 4 is 23.4 Å². The minimum atomic E-state index is -0.998. The molecule has 0 spiro atoms. The van der Waals surface area contributed by atoms with E-state index in [1.807, 2.05) is 103 Å². The topological polar surface area (TPSA) is 125 Å². The highest BCUT2D eigenvalue weighted by atomic mass is 16.5. The number of rotatable bonds is 13. The van der Waals surface area contributed by atoms with E-state index in [4.69, 9.17) is 20.9 Å². The van der Waals surface area contributed by atoms with Gasteiger partial charge >= 0.3 is 11.8 Å². The monoisotopic (exact) mass is 621 g/mol. The van der Waals surface area contributed by atoms with Crippen LogP contribution in [0.3, 0.4) is 0 Å². The molecular weight excluding hydrogens is 580 g/mol. The first-order chi connectivity index (χ1) is 22.3. The molecule has 0 aromatic heterocycles. The molecule has 1 fully saturated rings. The van der Waals surface area contributed by atoms with Crippen LogP contribution in [-0.2, 0) is 34.0 Å². The number of piperazine rings is 1. The fraction of sp³-hybridized carbons (Fsp3) is 0.270. The van der Waals surface area contributed by atoms with E-state index >= 15 is 0 Å². The molecule has 4 aromatic carbocycles. The minimum absolute atomic E-state index is 0.0286. The zero-order chi connectivity index (χ0) is 32.4. The maximum atomic E-state index is 14.3. The van der Waals surface area contributed by atoms with E-state index < -0.39 is 22.3 Å². The van der Waals surface area contributed by atoms with Crippen molar-refractivity contribution in [1.82, 2.24) is 0 Å². The number of hydrogen-bond acceptors (Lipinski definition) is 7. The molecule has 0 aliphatic carbocycles. The van der Waals surface area contributed by atoms with Crippen molar-refractivity contribution in [3.05, 3.63) is 126 Å². The summed E-state index contributed by atoms with van der Waals surface area (Å²) >= 11 is 0. The Balaban J connectivity index is 1.39. The first kappa shape index (κ1) is 32.4. The van der Waals surface area contributed by atoms with Gasteiger partial charge in [0.15, 0.2) is 0 Å². The summed E-state index contributed by atoms with van der Waals surface area (Å²) in [5.74, 6) is -0.0876. The Labute approximate surface area is 269 Å². The normalized spacial score (nSPS) is 14.7. The average molecular weight is 622 g/mol. The molecule has 1 atom stereocenters. The third-order valence-electron chi connectivity index (χ3n) is 8.41. The Morgan fingerprint density at radius 3 is 1.91 bits per heavy atom. The number of anilines is 1. The van der Waals surface area contributed by atoms with E-state index in [-0.39, 0.29) is 38.3 Å². The van der Waals surface area contributed by atoms with Crippen molar-refractivity contribution in [2.75, 3.05) is 31.1 Å². The lowest BCUT2D eigenvalue weighted by Gasteiger charge is -2.42. The predicted octanol–water partition coefficient (Wildman–Crippen LogP) is 4.37. The lowest BCUT2D eigenvalue weighted by atomic mass is 10.0. The molecule has 9 nitrogen and oxygen atoms in total. The summed E-state index contributed by atoms with van der Waals surface area (Å²) in [6.45, 7) is 2.19. The summed E-state index contributed by atoms with van der Waals surface area (Å²) in [7, 11) is 0. The van der Waals surface area contributed by atoms with Gasteiger partial charge in [-0.05, 0) is 35.7 Å². The van der Waals surface area contributed by atoms with Gasteiger partial charge in [-0.25, -0.2) is 9.59 Å². The fourth-order valence-electron chi connectivity index (χ4n) is 5.73. The van der Waals surface area contributed by atoms with Gasteiger partial charge in [0.25, 0.3) is 0 Å². The average Bonchev–Trinajstić information content (AvgIpc) is 3.10. The number of primary amides is 1. The Bertz CT molecular complexity index is 1610. The maximum Gasteiger partial charge on any atom is 0.338 e. The molecule has 3 amide bonds. The van der Waals surface area contributed by atoms with Crippen molar-refractivity contribution in [1.29, 1.82) is 0 Å². The van der Waals surface area contributed by atoms with Gasteiger partial charge in [-0.1, -0.05) is 84.9 Å². The number of nitrogens with two attached hydrogens (primary N) is 2. The number of benzene rings is 4. The van der Waals surface area contributed by atoms with Gasteiger partial charge in [0.2, 0.25) is 5.91 Å². The SMILES string of the molecule is NC(=O)CC[C@H](N)C(=O)[N+]1(C(=O)Cc2ccc(OCc3ccccc3)cc2OCc2ccccc2)CCN(c2ccccc2)CC1. The molecule has 46 heavy (non-hydrogen) atoms. The Morgan fingerprint density at radius 2 is 1.33 bits per heavy atom. The van der Waals surface area contributed by atoms with E-state index in [1.54, 1.807) is 6.07 Å². The quantitative estimate of drug-likeness (QED) is 0.213. The molecule has 0 bridgehead atoms. The number of quaternary nitrogens is 1. The standard InChI is InChI=1S/C37H40N4O5/c38-33(18-19-35(39)42)37(44)41(22-20-40(21-23-41)31-14-8-3-9-15-31)36(43)24-30-16-17-32(45-26-28-10-4-1-5-11-28)25-34(30)46-27-29-12-6-2-7-13-29/h1-17,25,33H,18-24,26-27,38H2,(H-,39,42)/p+1/t33-/m0/s1. The van der Waals surface area contributed by atoms with Crippen LogP contribution in [-0.4, -0.2) is 54.4 Å². The van der Waals surface area contributed by atoms with E-state index in [9.17, 15) is 14.4 Å². The van der Waals surface area contributed by atoms with E-state index in [0.29, 0.717) is 43.4 Å². The number of para-hydroxylation sites is 1. The molecule has 4 N–H and O–H groups in total. The van der Waals surface area contributed by atoms with Gasteiger partial charge in [-0.2, -0.15) is 4.48 Å². The maximum absolute atomic E-state index is 14.3. The number of amides is 3. The molecule has 0 radical (unpaired) electrons.